The average Bonchev–Trinajstić information content (AvgIpc) is 2.80. The Labute approximate surface area is 96.5 Å². The molecule has 5 nitrogen and oxygen atoms in total. The Morgan fingerprint density at radius 3 is 2.69 bits per heavy atom. The lowest BCUT2D eigenvalue weighted by Gasteiger charge is -1.99. The molecule has 16 heavy (non-hydrogen) atoms. The van der Waals surface area contributed by atoms with E-state index < -0.39 is 4.92 Å². The number of thioether (sulfide) groups is 1. The van der Waals surface area contributed by atoms with Crippen LogP contribution in [0, 0.1) is 10.1 Å². The highest BCUT2D eigenvalue weighted by molar-refractivity contribution is 8.13. The minimum Gasteiger partial charge on any atom is -0.258 e. The largest absolute Gasteiger partial charge is 0.269 e. The summed E-state index contributed by atoms with van der Waals surface area (Å²) in [5.41, 5.74) is 1.14. The predicted molar refractivity (Wildman–Crippen MR) is 65.2 cm³/mol. The zero-order valence-electron chi connectivity index (χ0n) is 8.37. The Balaban J connectivity index is 1.94. The summed E-state index contributed by atoms with van der Waals surface area (Å²) in [5.74, 6) is 0.730. The lowest BCUT2D eigenvalue weighted by molar-refractivity contribution is -0.384. The number of non-ortho nitro benzene ring substituents is 1. The number of nitro benzene ring substituents is 1. The van der Waals surface area contributed by atoms with Crippen LogP contribution >= 0.6 is 11.8 Å². The average molecular weight is 235 g/mol. The molecule has 0 amide bonds. The van der Waals surface area contributed by atoms with Crippen molar-refractivity contribution in [1.29, 1.82) is 0 Å². The second-order valence-electron chi connectivity index (χ2n) is 3.15. The molecule has 0 N–H and O–H groups in total. The Hall–Kier alpha value is -1.69. The van der Waals surface area contributed by atoms with Gasteiger partial charge in [0.2, 0.25) is 0 Å². The van der Waals surface area contributed by atoms with E-state index in [0.29, 0.717) is 6.54 Å². The van der Waals surface area contributed by atoms with Crippen molar-refractivity contribution in [3.63, 3.8) is 0 Å². The summed E-state index contributed by atoms with van der Waals surface area (Å²) >= 11 is 1.53. The minimum absolute atomic E-state index is 0.116. The summed E-state index contributed by atoms with van der Waals surface area (Å²) in [7, 11) is 0. The molecule has 0 unspecified atom stereocenters. The van der Waals surface area contributed by atoms with Gasteiger partial charge in [-0.2, -0.15) is 0 Å². The second-order valence-corrected chi connectivity index (χ2v) is 4.09. The van der Waals surface area contributed by atoms with Crippen LogP contribution in [0.3, 0.4) is 0 Å². The molecule has 0 radical (unpaired) electrons. The van der Waals surface area contributed by atoms with Crippen molar-refractivity contribution in [2.24, 2.45) is 9.98 Å². The van der Waals surface area contributed by atoms with Crippen LogP contribution in [0.1, 0.15) is 5.56 Å². The lowest BCUT2D eigenvalue weighted by Crippen LogP contribution is -1.89. The highest BCUT2D eigenvalue weighted by Gasteiger charge is 2.06. The zero-order valence-corrected chi connectivity index (χ0v) is 9.18. The molecule has 82 valence electrons. The molecule has 2 rings (SSSR count). The minimum atomic E-state index is -0.401. The Kier molecular flexibility index (Phi) is 3.31. The molecule has 0 saturated heterocycles. The van der Waals surface area contributed by atoms with E-state index in [2.05, 4.69) is 9.98 Å². The molecule has 1 aliphatic rings. The number of amidine groups is 1. The Bertz CT molecular complexity index is 454. The molecule has 1 aromatic rings. The number of nitro groups is 1. The van der Waals surface area contributed by atoms with Crippen molar-refractivity contribution in [3.05, 3.63) is 39.9 Å². The highest BCUT2D eigenvalue weighted by Crippen LogP contribution is 2.18. The monoisotopic (exact) mass is 235 g/mol. The van der Waals surface area contributed by atoms with Crippen LogP contribution in [0.15, 0.2) is 34.3 Å². The first-order valence-electron chi connectivity index (χ1n) is 4.69. The predicted octanol–water partition coefficient (Wildman–Crippen LogP) is 2.27. The maximum Gasteiger partial charge on any atom is 0.269 e. The van der Waals surface area contributed by atoms with Gasteiger partial charge < -0.3 is 0 Å². The number of nitrogens with zero attached hydrogens (tertiary/aromatic N) is 3. The molecular weight excluding hydrogens is 226 g/mol. The van der Waals surface area contributed by atoms with Gasteiger partial charge in [0.05, 0.1) is 11.5 Å². The van der Waals surface area contributed by atoms with Crippen LogP contribution in [-0.4, -0.2) is 22.9 Å². The molecule has 0 bridgehead atoms. The Morgan fingerprint density at radius 1 is 1.38 bits per heavy atom. The fourth-order valence-corrected chi connectivity index (χ4v) is 2.03. The van der Waals surface area contributed by atoms with Gasteiger partial charge >= 0.3 is 0 Å². The molecule has 1 aliphatic heterocycles. The van der Waals surface area contributed by atoms with Crippen LogP contribution in [-0.2, 0) is 5.75 Å². The van der Waals surface area contributed by atoms with E-state index in [4.69, 9.17) is 0 Å². The highest BCUT2D eigenvalue weighted by atomic mass is 32.2. The number of hydrogen-bond acceptors (Lipinski definition) is 5. The summed E-state index contributed by atoms with van der Waals surface area (Å²) < 4.78 is 0. The molecule has 1 heterocycles. The van der Waals surface area contributed by atoms with Gasteiger partial charge in [-0.05, 0) is 5.56 Å². The van der Waals surface area contributed by atoms with Gasteiger partial charge in [0, 0.05) is 24.1 Å². The quantitative estimate of drug-likeness (QED) is 0.596. The lowest BCUT2D eigenvalue weighted by atomic mass is 10.2. The van der Waals surface area contributed by atoms with E-state index in [1.807, 2.05) is 0 Å². The Morgan fingerprint density at radius 2 is 2.12 bits per heavy atom. The molecule has 6 heteroatoms. The molecule has 0 aromatic heterocycles. The maximum absolute atomic E-state index is 10.4. The summed E-state index contributed by atoms with van der Waals surface area (Å²) in [5, 5.41) is 11.2. The third kappa shape index (κ3) is 2.66. The van der Waals surface area contributed by atoms with Crippen molar-refractivity contribution in [2.75, 3.05) is 6.54 Å². The van der Waals surface area contributed by atoms with Gasteiger partial charge in [0.15, 0.2) is 5.17 Å². The van der Waals surface area contributed by atoms with E-state index >= 15 is 0 Å². The van der Waals surface area contributed by atoms with Crippen LogP contribution in [0.2, 0.25) is 0 Å². The number of rotatable bonds is 3. The molecule has 0 spiro atoms. The summed E-state index contributed by atoms with van der Waals surface area (Å²) in [6, 6.07) is 6.53. The van der Waals surface area contributed by atoms with Gasteiger partial charge in [-0.25, -0.2) is 4.99 Å². The summed E-state index contributed by atoms with van der Waals surface area (Å²) in [6.07, 6.45) is 1.76. The van der Waals surface area contributed by atoms with Gasteiger partial charge in [-0.1, -0.05) is 23.9 Å². The summed E-state index contributed by atoms with van der Waals surface area (Å²) in [6.45, 7) is 0.655. The van der Waals surface area contributed by atoms with Gasteiger partial charge in [-0.15, -0.1) is 0 Å². The fraction of sp³-hybridized carbons (Fsp3) is 0.200. The van der Waals surface area contributed by atoms with Gasteiger partial charge in [-0.3, -0.25) is 15.1 Å². The first-order chi connectivity index (χ1) is 7.75. The topological polar surface area (TPSA) is 67.9 Å². The summed E-state index contributed by atoms with van der Waals surface area (Å²) in [4.78, 5) is 18.3. The first-order valence-corrected chi connectivity index (χ1v) is 5.67. The molecule has 0 fully saturated rings. The van der Waals surface area contributed by atoms with Crippen molar-refractivity contribution >= 4 is 28.8 Å². The smallest absolute Gasteiger partial charge is 0.258 e. The second kappa shape index (κ2) is 4.89. The van der Waals surface area contributed by atoms with Gasteiger partial charge in [0.1, 0.15) is 0 Å². The van der Waals surface area contributed by atoms with E-state index in [1.54, 1.807) is 18.3 Å². The number of benzene rings is 1. The van der Waals surface area contributed by atoms with E-state index in [1.165, 1.54) is 23.9 Å². The van der Waals surface area contributed by atoms with Crippen molar-refractivity contribution in [1.82, 2.24) is 0 Å². The van der Waals surface area contributed by atoms with Crippen molar-refractivity contribution in [2.45, 2.75) is 5.75 Å². The SMILES string of the molecule is O=[N+]([O-])c1ccc(CSC2=NCC=N2)cc1. The van der Waals surface area contributed by atoms with Crippen molar-refractivity contribution < 1.29 is 4.92 Å². The number of hydrogen-bond donors (Lipinski definition) is 0. The molecule has 1 aromatic carbocycles. The van der Waals surface area contributed by atoms with Crippen LogP contribution in [0.4, 0.5) is 5.69 Å². The van der Waals surface area contributed by atoms with Crippen LogP contribution < -0.4 is 0 Å². The first kappa shape index (κ1) is 10.8. The van der Waals surface area contributed by atoms with E-state index in [-0.39, 0.29) is 5.69 Å². The molecule has 0 saturated carbocycles. The van der Waals surface area contributed by atoms with E-state index in [0.717, 1.165) is 16.5 Å². The standard InChI is InChI=1S/C10H9N3O2S/c14-13(15)9-3-1-8(2-4-9)7-16-10-11-5-6-12-10/h1-5H,6-7H2. The van der Waals surface area contributed by atoms with Crippen molar-refractivity contribution in [3.8, 4) is 0 Å². The van der Waals surface area contributed by atoms with Gasteiger partial charge in [0.25, 0.3) is 5.69 Å². The third-order valence-electron chi connectivity index (χ3n) is 2.03. The van der Waals surface area contributed by atoms with Crippen LogP contribution in [0.25, 0.3) is 0 Å². The number of aliphatic imine (C=N–C) groups is 2. The zero-order chi connectivity index (χ0) is 11.4. The molecule has 0 aliphatic carbocycles. The van der Waals surface area contributed by atoms with E-state index in [9.17, 15) is 10.1 Å². The van der Waals surface area contributed by atoms with Crippen LogP contribution in [0.5, 0.6) is 0 Å². The molecular formula is C10H9N3O2S. The maximum atomic E-state index is 10.4. The third-order valence-corrected chi connectivity index (χ3v) is 3.00. The fourth-order valence-electron chi connectivity index (χ4n) is 1.22. The molecule has 0 atom stereocenters. The normalized spacial score (nSPS) is 13.9.